The number of hydrogen-bond donors (Lipinski definition) is 1. The predicted octanol–water partition coefficient (Wildman–Crippen LogP) is 4.45. The van der Waals surface area contributed by atoms with Crippen LogP contribution >= 0.6 is 11.6 Å². The highest BCUT2D eigenvalue weighted by molar-refractivity contribution is 7.92. The summed E-state index contributed by atoms with van der Waals surface area (Å²) in [5.74, 6) is 0.468. The number of rotatable bonds is 4. The van der Waals surface area contributed by atoms with Crippen LogP contribution in [0.1, 0.15) is 26.3 Å². The van der Waals surface area contributed by atoms with E-state index in [1.165, 1.54) is 19.2 Å². The number of hydrogen-bond acceptors (Lipinski definition) is 3. The smallest absolute Gasteiger partial charge is 0.262 e. The van der Waals surface area contributed by atoms with Crippen molar-refractivity contribution in [1.82, 2.24) is 0 Å². The van der Waals surface area contributed by atoms with Gasteiger partial charge in [-0.15, -0.1) is 0 Å². The molecule has 0 aromatic heterocycles. The van der Waals surface area contributed by atoms with E-state index < -0.39 is 10.0 Å². The van der Waals surface area contributed by atoms with E-state index in [1.807, 2.05) is 6.07 Å². The molecule has 0 saturated heterocycles. The maximum atomic E-state index is 12.5. The SMILES string of the molecule is COc1ccc(C(C)(C)C)cc1NS(=O)(=O)c1ccc(Cl)cc1. The molecule has 0 spiro atoms. The van der Waals surface area contributed by atoms with Gasteiger partial charge in [-0.25, -0.2) is 8.42 Å². The van der Waals surface area contributed by atoms with Gasteiger partial charge in [-0.05, 0) is 47.4 Å². The van der Waals surface area contributed by atoms with Crippen molar-refractivity contribution >= 4 is 27.3 Å². The zero-order valence-electron chi connectivity index (χ0n) is 13.6. The van der Waals surface area contributed by atoms with Crippen molar-refractivity contribution < 1.29 is 13.2 Å². The first-order valence-electron chi connectivity index (χ1n) is 7.10. The Hall–Kier alpha value is -1.72. The normalized spacial score (nSPS) is 12.0. The Kier molecular flexibility index (Phi) is 4.92. The number of halogens is 1. The van der Waals surface area contributed by atoms with Crippen molar-refractivity contribution in [2.45, 2.75) is 31.1 Å². The molecule has 0 atom stereocenters. The fourth-order valence-corrected chi connectivity index (χ4v) is 3.26. The molecular formula is C17H20ClNO3S. The second-order valence-electron chi connectivity index (χ2n) is 6.22. The van der Waals surface area contributed by atoms with Gasteiger partial charge in [-0.2, -0.15) is 0 Å². The summed E-state index contributed by atoms with van der Waals surface area (Å²) in [7, 11) is -2.21. The van der Waals surface area contributed by atoms with Gasteiger partial charge in [0.05, 0.1) is 17.7 Å². The fraction of sp³-hybridized carbons (Fsp3) is 0.294. The van der Waals surface area contributed by atoms with Crippen LogP contribution in [0, 0.1) is 0 Å². The number of methoxy groups -OCH3 is 1. The standard InChI is InChI=1S/C17H20ClNO3S/c1-17(2,3)12-5-10-16(22-4)15(11-12)19-23(20,21)14-8-6-13(18)7-9-14/h5-11,19H,1-4H3. The molecule has 6 heteroatoms. The van der Waals surface area contributed by atoms with Crippen LogP contribution in [-0.4, -0.2) is 15.5 Å². The van der Waals surface area contributed by atoms with E-state index in [1.54, 1.807) is 24.3 Å². The lowest BCUT2D eigenvalue weighted by atomic mass is 9.87. The van der Waals surface area contributed by atoms with Gasteiger partial charge in [0, 0.05) is 5.02 Å². The molecule has 0 heterocycles. The molecule has 0 unspecified atom stereocenters. The van der Waals surface area contributed by atoms with Crippen LogP contribution < -0.4 is 9.46 Å². The van der Waals surface area contributed by atoms with Crippen LogP contribution in [0.5, 0.6) is 5.75 Å². The third-order valence-electron chi connectivity index (χ3n) is 3.43. The quantitative estimate of drug-likeness (QED) is 0.883. The number of ether oxygens (including phenoxy) is 1. The summed E-state index contributed by atoms with van der Waals surface area (Å²) in [6, 6.07) is 11.5. The highest BCUT2D eigenvalue weighted by Crippen LogP contribution is 2.32. The first-order chi connectivity index (χ1) is 10.6. The molecule has 4 nitrogen and oxygen atoms in total. The monoisotopic (exact) mass is 353 g/mol. The topological polar surface area (TPSA) is 55.4 Å². The van der Waals surface area contributed by atoms with Gasteiger partial charge in [-0.3, -0.25) is 4.72 Å². The summed E-state index contributed by atoms with van der Waals surface area (Å²) >= 11 is 5.81. The first kappa shape index (κ1) is 17.6. The van der Waals surface area contributed by atoms with E-state index in [9.17, 15) is 8.42 Å². The molecule has 23 heavy (non-hydrogen) atoms. The third-order valence-corrected chi connectivity index (χ3v) is 5.07. The van der Waals surface area contributed by atoms with Gasteiger partial charge >= 0.3 is 0 Å². The van der Waals surface area contributed by atoms with E-state index in [0.717, 1.165) is 5.56 Å². The van der Waals surface area contributed by atoms with Crippen LogP contribution in [0.2, 0.25) is 5.02 Å². The van der Waals surface area contributed by atoms with Crippen molar-refractivity contribution in [3.05, 3.63) is 53.1 Å². The summed E-state index contributed by atoms with van der Waals surface area (Å²) in [5.41, 5.74) is 1.31. The summed E-state index contributed by atoms with van der Waals surface area (Å²) in [4.78, 5) is 0.144. The summed E-state index contributed by atoms with van der Waals surface area (Å²) in [5, 5.41) is 0.483. The number of benzene rings is 2. The lowest BCUT2D eigenvalue weighted by Gasteiger charge is -2.21. The molecular weight excluding hydrogens is 334 g/mol. The van der Waals surface area contributed by atoms with E-state index in [2.05, 4.69) is 25.5 Å². The largest absolute Gasteiger partial charge is 0.495 e. The Bertz CT molecular complexity index is 794. The van der Waals surface area contributed by atoms with Crippen LogP contribution in [-0.2, 0) is 15.4 Å². The average Bonchev–Trinajstić information content (AvgIpc) is 2.46. The van der Waals surface area contributed by atoms with Crippen LogP contribution in [0.25, 0.3) is 0 Å². The van der Waals surface area contributed by atoms with Gasteiger partial charge in [0.25, 0.3) is 10.0 Å². The molecule has 0 radical (unpaired) electrons. The van der Waals surface area contributed by atoms with E-state index in [0.29, 0.717) is 16.5 Å². The van der Waals surface area contributed by atoms with Gasteiger partial charge in [-0.1, -0.05) is 38.4 Å². The second kappa shape index (κ2) is 6.42. The Morgan fingerprint density at radius 1 is 1.04 bits per heavy atom. The van der Waals surface area contributed by atoms with Crippen LogP contribution in [0.4, 0.5) is 5.69 Å². The Morgan fingerprint density at radius 3 is 2.17 bits per heavy atom. The zero-order valence-corrected chi connectivity index (χ0v) is 15.1. The number of sulfonamides is 1. The minimum absolute atomic E-state index is 0.104. The van der Waals surface area contributed by atoms with Gasteiger partial charge in [0.1, 0.15) is 5.75 Å². The van der Waals surface area contributed by atoms with Crippen molar-refractivity contribution in [2.75, 3.05) is 11.8 Å². The van der Waals surface area contributed by atoms with Crippen LogP contribution in [0.3, 0.4) is 0 Å². The molecule has 2 rings (SSSR count). The Labute approximate surface area is 142 Å². The van der Waals surface area contributed by atoms with Crippen molar-refractivity contribution in [3.8, 4) is 5.75 Å². The van der Waals surface area contributed by atoms with Crippen LogP contribution in [0.15, 0.2) is 47.4 Å². The van der Waals surface area contributed by atoms with Crippen molar-refractivity contribution in [2.24, 2.45) is 0 Å². The lowest BCUT2D eigenvalue weighted by Crippen LogP contribution is -2.16. The van der Waals surface area contributed by atoms with E-state index in [-0.39, 0.29) is 10.3 Å². The lowest BCUT2D eigenvalue weighted by molar-refractivity contribution is 0.416. The fourth-order valence-electron chi connectivity index (χ4n) is 2.07. The molecule has 124 valence electrons. The van der Waals surface area contributed by atoms with Gasteiger partial charge in [0.15, 0.2) is 0 Å². The number of nitrogens with one attached hydrogen (secondary N) is 1. The molecule has 2 aromatic rings. The molecule has 0 aliphatic rings. The van der Waals surface area contributed by atoms with E-state index >= 15 is 0 Å². The second-order valence-corrected chi connectivity index (χ2v) is 8.34. The maximum absolute atomic E-state index is 12.5. The molecule has 0 fully saturated rings. The molecule has 0 amide bonds. The predicted molar refractivity (Wildman–Crippen MR) is 94.0 cm³/mol. The van der Waals surface area contributed by atoms with Crippen molar-refractivity contribution in [3.63, 3.8) is 0 Å². The summed E-state index contributed by atoms with van der Waals surface area (Å²) in [6.45, 7) is 6.19. The summed E-state index contributed by atoms with van der Waals surface area (Å²) < 4.78 is 32.9. The van der Waals surface area contributed by atoms with Gasteiger partial charge < -0.3 is 4.74 Å². The minimum atomic E-state index is -3.71. The van der Waals surface area contributed by atoms with Crippen molar-refractivity contribution in [1.29, 1.82) is 0 Å². The number of anilines is 1. The van der Waals surface area contributed by atoms with E-state index in [4.69, 9.17) is 16.3 Å². The Balaban J connectivity index is 2.43. The molecule has 0 saturated carbocycles. The molecule has 0 aliphatic heterocycles. The average molecular weight is 354 g/mol. The molecule has 0 aliphatic carbocycles. The highest BCUT2D eigenvalue weighted by atomic mass is 35.5. The molecule has 2 aromatic carbocycles. The highest BCUT2D eigenvalue weighted by Gasteiger charge is 2.20. The van der Waals surface area contributed by atoms with Gasteiger partial charge in [0.2, 0.25) is 0 Å². The summed E-state index contributed by atoms with van der Waals surface area (Å²) in [6.07, 6.45) is 0. The molecule has 1 N–H and O–H groups in total. The first-order valence-corrected chi connectivity index (χ1v) is 8.96. The maximum Gasteiger partial charge on any atom is 0.262 e. The molecule has 0 bridgehead atoms. The third kappa shape index (κ3) is 4.18. The minimum Gasteiger partial charge on any atom is -0.495 e. The Morgan fingerprint density at radius 2 is 1.65 bits per heavy atom. The zero-order chi connectivity index (χ0) is 17.3.